The molecule has 4 nitrogen and oxygen atoms in total. The van der Waals surface area contributed by atoms with Crippen molar-refractivity contribution in [2.45, 2.75) is 33.1 Å². The molecule has 4 rings (SSSR count). The first-order valence-corrected chi connectivity index (χ1v) is 8.75. The molecule has 0 bridgehead atoms. The molecule has 0 saturated carbocycles. The van der Waals surface area contributed by atoms with Gasteiger partial charge in [-0.1, -0.05) is 44.2 Å². The van der Waals surface area contributed by atoms with Crippen molar-refractivity contribution in [2.24, 2.45) is 0 Å². The van der Waals surface area contributed by atoms with Gasteiger partial charge in [0, 0.05) is 0 Å². The van der Waals surface area contributed by atoms with E-state index in [2.05, 4.69) is 67.2 Å². The standard InChI is InChI=1S/C19H19N3OS/c1-11-5-7-13-16(9-11)24-18(21-13)22-17-20-14-10-12(19(2,3)4)6-8-15(14)23-17/h5-10H,1-4H3,(H,20,21,22). The summed E-state index contributed by atoms with van der Waals surface area (Å²) in [5.74, 6) is 0. The zero-order chi connectivity index (χ0) is 16.9. The summed E-state index contributed by atoms with van der Waals surface area (Å²) in [6, 6.07) is 12.9. The van der Waals surface area contributed by atoms with Crippen LogP contribution < -0.4 is 5.32 Å². The molecule has 0 amide bonds. The summed E-state index contributed by atoms with van der Waals surface area (Å²) in [4.78, 5) is 9.14. The van der Waals surface area contributed by atoms with Crippen molar-refractivity contribution in [3.63, 3.8) is 0 Å². The highest BCUT2D eigenvalue weighted by atomic mass is 32.1. The van der Waals surface area contributed by atoms with E-state index in [4.69, 9.17) is 4.42 Å². The van der Waals surface area contributed by atoms with Crippen molar-refractivity contribution in [2.75, 3.05) is 5.32 Å². The van der Waals surface area contributed by atoms with Crippen molar-refractivity contribution in [3.05, 3.63) is 47.5 Å². The van der Waals surface area contributed by atoms with Crippen molar-refractivity contribution in [1.29, 1.82) is 0 Å². The van der Waals surface area contributed by atoms with Gasteiger partial charge in [-0.05, 0) is 47.7 Å². The summed E-state index contributed by atoms with van der Waals surface area (Å²) in [7, 11) is 0. The first-order valence-electron chi connectivity index (χ1n) is 7.94. The third kappa shape index (κ3) is 2.76. The zero-order valence-electron chi connectivity index (χ0n) is 14.2. The van der Waals surface area contributed by atoms with E-state index in [9.17, 15) is 0 Å². The molecular formula is C19H19N3OS. The highest BCUT2D eigenvalue weighted by Gasteiger charge is 2.16. The zero-order valence-corrected chi connectivity index (χ0v) is 15.0. The number of rotatable bonds is 2. The summed E-state index contributed by atoms with van der Waals surface area (Å²) in [6.07, 6.45) is 0. The number of anilines is 2. The molecule has 122 valence electrons. The van der Waals surface area contributed by atoms with E-state index in [0.29, 0.717) is 6.01 Å². The largest absolute Gasteiger partial charge is 0.423 e. The van der Waals surface area contributed by atoms with Crippen LogP contribution in [-0.2, 0) is 5.41 Å². The van der Waals surface area contributed by atoms with E-state index < -0.39 is 0 Å². The Morgan fingerprint density at radius 2 is 1.83 bits per heavy atom. The van der Waals surface area contributed by atoms with Gasteiger partial charge >= 0.3 is 6.01 Å². The molecule has 2 aromatic carbocycles. The number of thiazole rings is 1. The van der Waals surface area contributed by atoms with Gasteiger partial charge in [0.1, 0.15) is 5.52 Å². The maximum absolute atomic E-state index is 5.80. The molecule has 24 heavy (non-hydrogen) atoms. The lowest BCUT2D eigenvalue weighted by molar-refractivity contribution is 0.590. The van der Waals surface area contributed by atoms with E-state index in [-0.39, 0.29) is 5.41 Å². The predicted octanol–water partition coefficient (Wildman–Crippen LogP) is 5.79. The molecule has 0 radical (unpaired) electrons. The second-order valence-corrected chi connectivity index (χ2v) is 8.10. The third-order valence-electron chi connectivity index (χ3n) is 4.01. The molecule has 4 aromatic rings. The van der Waals surface area contributed by atoms with E-state index >= 15 is 0 Å². The van der Waals surface area contributed by atoms with E-state index in [0.717, 1.165) is 26.4 Å². The highest BCUT2D eigenvalue weighted by molar-refractivity contribution is 7.22. The number of hydrogen-bond acceptors (Lipinski definition) is 5. The number of benzene rings is 2. The molecule has 2 heterocycles. The van der Waals surface area contributed by atoms with Gasteiger partial charge in [0.15, 0.2) is 10.7 Å². The lowest BCUT2D eigenvalue weighted by Crippen LogP contribution is -2.10. The lowest BCUT2D eigenvalue weighted by Gasteiger charge is -2.18. The second kappa shape index (κ2) is 5.31. The smallest absolute Gasteiger partial charge is 0.302 e. The van der Waals surface area contributed by atoms with Crippen LogP contribution >= 0.6 is 11.3 Å². The van der Waals surface area contributed by atoms with E-state index in [1.807, 2.05) is 12.1 Å². The molecule has 0 spiro atoms. The van der Waals surface area contributed by atoms with E-state index in [1.165, 1.54) is 11.1 Å². The minimum absolute atomic E-state index is 0.0889. The SMILES string of the molecule is Cc1ccc2nc(Nc3nc4cc(C(C)(C)C)ccc4o3)sc2c1. The van der Waals surface area contributed by atoms with Gasteiger partial charge in [0.05, 0.1) is 10.2 Å². The third-order valence-corrected chi connectivity index (χ3v) is 4.94. The normalized spacial score (nSPS) is 12.2. The van der Waals surface area contributed by atoms with Gasteiger partial charge in [0.25, 0.3) is 0 Å². The van der Waals surface area contributed by atoms with Crippen molar-refractivity contribution in [3.8, 4) is 0 Å². The number of fused-ring (bicyclic) bond motifs is 2. The molecule has 0 aliphatic rings. The number of nitrogens with one attached hydrogen (secondary N) is 1. The van der Waals surface area contributed by atoms with Gasteiger partial charge in [-0.3, -0.25) is 5.32 Å². The van der Waals surface area contributed by atoms with Crippen molar-refractivity contribution < 1.29 is 4.42 Å². The maximum atomic E-state index is 5.80. The Hall–Kier alpha value is -2.40. The number of oxazole rings is 1. The quantitative estimate of drug-likeness (QED) is 0.503. The van der Waals surface area contributed by atoms with Crippen LogP contribution in [0.25, 0.3) is 21.3 Å². The molecule has 5 heteroatoms. The maximum Gasteiger partial charge on any atom is 0.302 e. The fraction of sp³-hybridized carbons (Fsp3) is 0.263. The fourth-order valence-electron chi connectivity index (χ4n) is 2.62. The van der Waals surface area contributed by atoms with Gasteiger partial charge in [0.2, 0.25) is 0 Å². The van der Waals surface area contributed by atoms with Crippen LogP contribution in [0.4, 0.5) is 11.1 Å². The predicted molar refractivity (Wildman–Crippen MR) is 100 cm³/mol. The summed E-state index contributed by atoms with van der Waals surface area (Å²) in [5, 5.41) is 3.98. The molecule has 0 aliphatic heterocycles. The van der Waals surface area contributed by atoms with Gasteiger partial charge < -0.3 is 4.42 Å². The number of aryl methyl sites for hydroxylation is 1. The number of aromatic nitrogens is 2. The molecule has 0 saturated heterocycles. The van der Waals surface area contributed by atoms with Crippen LogP contribution in [0.1, 0.15) is 31.9 Å². The molecule has 2 aromatic heterocycles. The van der Waals surface area contributed by atoms with Gasteiger partial charge in [-0.25, -0.2) is 4.98 Å². The van der Waals surface area contributed by atoms with Crippen molar-refractivity contribution >= 4 is 43.8 Å². The summed E-state index contributed by atoms with van der Waals surface area (Å²) < 4.78 is 6.96. The Morgan fingerprint density at radius 3 is 2.62 bits per heavy atom. The minimum atomic E-state index is 0.0889. The second-order valence-electron chi connectivity index (χ2n) is 7.07. The fourth-order valence-corrected chi connectivity index (χ4v) is 3.58. The van der Waals surface area contributed by atoms with Gasteiger partial charge in [-0.15, -0.1) is 0 Å². The monoisotopic (exact) mass is 337 g/mol. The van der Waals surface area contributed by atoms with Crippen LogP contribution in [-0.4, -0.2) is 9.97 Å². The number of nitrogens with zero attached hydrogens (tertiary/aromatic N) is 2. The average Bonchev–Trinajstić information content (AvgIpc) is 3.07. The van der Waals surface area contributed by atoms with Crippen LogP contribution in [0.3, 0.4) is 0 Å². The Morgan fingerprint density at radius 1 is 1.00 bits per heavy atom. The highest BCUT2D eigenvalue weighted by Crippen LogP contribution is 2.31. The molecule has 0 unspecified atom stereocenters. The van der Waals surface area contributed by atoms with Crippen molar-refractivity contribution in [1.82, 2.24) is 9.97 Å². The van der Waals surface area contributed by atoms with Crippen LogP contribution in [0.5, 0.6) is 0 Å². The average molecular weight is 337 g/mol. The minimum Gasteiger partial charge on any atom is -0.423 e. The molecule has 1 N–H and O–H groups in total. The van der Waals surface area contributed by atoms with Crippen LogP contribution in [0.2, 0.25) is 0 Å². The Kier molecular flexibility index (Phi) is 3.35. The van der Waals surface area contributed by atoms with Crippen LogP contribution in [0.15, 0.2) is 40.8 Å². The van der Waals surface area contributed by atoms with Gasteiger partial charge in [-0.2, -0.15) is 4.98 Å². The Balaban J connectivity index is 1.68. The topological polar surface area (TPSA) is 51.0 Å². The molecule has 0 fully saturated rings. The Labute approximate surface area is 144 Å². The van der Waals surface area contributed by atoms with E-state index in [1.54, 1.807) is 11.3 Å². The molecular weight excluding hydrogens is 318 g/mol. The first kappa shape index (κ1) is 15.1. The first-order chi connectivity index (χ1) is 11.4. The van der Waals surface area contributed by atoms with Crippen LogP contribution in [0, 0.1) is 6.92 Å². The summed E-state index contributed by atoms with van der Waals surface area (Å²) in [5.41, 5.74) is 5.19. The molecule has 0 atom stereocenters. The number of hydrogen-bond donors (Lipinski definition) is 1. The Bertz CT molecular complexity index is 1040. The summed E-state index contributed by atoms with van der Waals surface area (Å²) >= 11 is 1.60. The molecule has 0 aliphatic carbocycles. The lowest BCUT2D eigenvalue weighted by atomic mass is 9.87. The summed E-state index contributed by atoms with van der Waals surface area (Å²) in [6.45, 7) is 8.66.